The zero-order chi connectivity index (χ0) is 14.0. The Morgan fingerprint density at radius 2 is 2.05 bits per heavy atom. The van der Waals surface area contributed by atoms with Gasteiger partial charge in [-0.25, -0.2) is 0 Å². The Labute approximate surface area is 120 Å². The molecule has 2 rings (SSSR count). The van der Waals surface area contributed by atoms with Crippen LogP contribution in [-0.4, -0.2) is 15.2 Å². The fourth-order valence-corrected chi connectivity index (χ4v) is 2.62. The normalized spacial score (nSPS) is 19.5. The Morgan fingerprint density at radius 3 is 2.53 bits per heavy atom. The number of nitrogens with zero attached hydrogens (tertiary/aromatic N) is 1. The van der Waals surface area contributed by atoms with Crippen LogP contribution in [0.5, 0.6) is 0 Å². The Bertz CT molecular complexity index is 483. The number of ketones is 1. The van der Waals surface area contributed by atoms with Gasteiger partial charge in [-0.1, -0.05) is 30.3 Å². The fourth-order valence-electron chi connectivity index (χ4n) is 2.19. The van der Waals surface area contributed by atoms with E-state index in [2.05, 4.69) is 15.9 Å². The highest BCUT2D eigenvalue weighted by molar-refractivity contribution is 9.10. The molecule has 1 saturated carbocycles. The van der Waals surface area contributed by atoms with E-state index in [0.29, 0.717) is 0 Å². The zero-order valence-corrected chi connectivity index (χ0v) is 12.3. The summed E-state index contributed by atoms with van der Waals surface area (Å²) in [4.78, 5) is 22.9. The second kappa shape index (κ2) is 5.41. The molecule has 102 valence electrons. The van der Waals surface area contributed by atoms with E-state index >= 15 is 0 Å². The van der Waals surface area contributed by atoms with Crippen molar-refractivity contribution in [3.8, 4) is 0 Å². The number of nitro groups is 1. The highest BCUT2D eigenvalue weighted by atomic mass is 79.9. The number of carbonyl (C=O) groups excluding carboxylic acids is 1. The molecule has 2 atom stereocenters. The lowest BCUT2D eigenvalue weighted by Gasteiger charge is -2.25. The van der Waals surface area contributed by atoms with Crippen molar-refractivity contribution in [1.82, 2.24) is 0 Å². The third-order valence-electron chi connectivity index (χ3n) is 3.63. The summed E-state index contributed by atoms with van der Waals surface area (Å²) in [6.07, 6.45) is 2.08. The summed E-state index contributed by atoms with van der Waals surface area (Å²) in [7, 11) is 0. The van der Waals surface area contributed by atoms with E-state index < -0.39 is 10.4 Å². The summed E-state index contributed by atoms with van der Waals surface area (Å²) in [6.45, 7) is 1.52. The van der Waals surface area contributed by atoms with Crippen molar-refractivity contribution in [3.63, 3.8) is 0 Å². The zero-order valence-electron chi connectivity index (χ0n) is 10.7. The summed E-state index contributed by atoms with van der Waals surface area (Å²) in [5.41, 5.74) is 0.826. The lowest BCUT2D eigenvalue weighted by atomic mass is 9.87. The molecule has 0 spiro atoms. The first-order chi connectivity index (χ1) is 8.93. The second-order valence-corrected chi connectivity index (χ2v) is 6.79. The van der Waals surface area contributed by atoms with Crippen molar-refractivity contribution < 1.29 is 9.72 Å². The monoisotopic (exact) mass is 325 g/mol. The smallest absolute Gasteiger partial charge is 0.279 e. The van der Waals surface area contributed by atoms with Crippen LogP contribution in [0.1, 0.15) is 37.7 Å². The van der Waals surface area contributed by atoms with E-state index in [1.165, 1.54) is 6.92 Å². The van der Waals surface area contributed by atoms with Gasteiger partial charge in [-0.05, 0) is 18.4 Å². The van der Waals surface area contributed by atoms with Crippen LogP contribution in [0.25, 0.3) is 0 Å². The molecule has 1 aromatic carbocycles. The van der Waals surface area contributed by atoms with E-state index in [-0.39, 0.29) is 23.0 Å². The molecule has 0 N–H and O–H groups in total. The number of alkyl halides is 1. The number of hydrogen-bond donors (Lipinski definition) is 0. The van der Waals surface area contributed by atoms with Crippen molar-refractivity contribution in [1.29, 1.82) is 0 Å². The Hall–Kier alpha value is -1.23. The average molecular weight is 326 g/mol. The van der Waals surface area contributed by atoms with Crippen molar-refractivity contribution in [2.45, 2.75) is 36.6 Å². The number of hydrogen-bond acceptors (Lipinski definition) is 3. The van der Waals surface area contributed by atoms with Gasteiger partial charge in [0.25, 0.3) is 4.45 Å². The highest BCUT2D eigenvalue weighted by Gasteiger charge is 2.46. The van der Waals surface area contributed by atoms with Gasteiger partial charge < -0.3 is 0 Å². The van der Waals surface area contributed by atoms with Crippen LogP contribution in [0.2, 0.25) is 0 Å². The maximum atomic E-state index is 12.0. The molecular weight excluding hydrogens is 310 g/mol. The maximum absolute atomic E-state index is 12.0. The van der Waals surface area contributed by atoms with Crippen LogP contribution >= 0.6 is 15.9 Å². The summed E-state index contributed by atoms with van der Waals surface area (Å²) in [5.74, 6) is -0.181. The van der Waals surface area contributed by atoms with E-state index in [0.717, 1.165) is 18.4 Å². The van der Waals surface area contributed by atoms with Crippen LogP contribution in [0, 0.1) is 16.0 Å². The van der Waals surface area contributed by atoms with Gasteiger partial charge in [-0.2, -0.15) is 0 Å². The van der Waals surface area contributed by atoms with E-state index in [1.807, 2.05) is 30.3 Å². The predicted octanol–water partition coefficient (Wildman–Crippen LogP) is 3.53. The molecule has 4 nitrogen and oxygen atoms in total. The average Bonchev–Trinajstić information content (AvgIpc) is 3.20. The molecule has 0 aromatic heterocycles. The number of Topliss-reactive ketones (excluding diaryl/α,β-unsaturated/α-hetero) is 1. The minimum absolute atomic E-state index is 0.126. The van der Waals surface area contributed by atoms with Crippen LogP contribution in [0.15, 0.2) is 30.3 Å². The molecule has 0 amide bonds. The molecule has 0 aliphatic heterocycles. The minimum atomic E-state index is -1.32. The molecule has 1 aliphatic rings. The molecule has 0 heterocycles. The molecular formula is C14H16BrNO3. The SMILES string of the molecule is C[C@](Br)([C@@H](CC(=O)C1CC1)c1ccccc1)[N+](=O)[O-]. The molecule has 0 saturated heterocycles. The van der Waals surface area contributed by atoms with Crippen molar-refractivity contribution in [2.75, 3.05) is 0 Å². The molecule has 19 heavy (non-hydrogen) atoms. The van der Waals surface area contributed by atoms with Gasteiger partial charge in [0.1, 0.15) is 5.78 Å². The van der Waals surface area contributed by atoms with E-state index in [1.54, 1.807) is 0 Å². The van der Waals surface area contributed by atoms with Gasteiger partial charge in [-0.15, -0.1) is 0 Å². The van der Waals surface area contributed by atoms with Crippen molar-refractivity contribution >= 4 is 21.7 Å². The topological polar surface area (TPSA) is 60.2 Å². The first-order valence-electron chi connectivity index (χ1n) is 6.34. The standard InChI is InChI=1S/C14H16BrNO3/c1-14(15,16(18)19)12(9-13(17)11-7-8-11)10-5-3-2-4-6-10/h2-6,11-12H,7-9H2,1H3/t12-,14+/m0/s1. The van der Waals surface area contributed by atoms with E-state index in [9.17, 15) is 14.9 Å². The second-order valence-electron chi connectivity index (χ2n) is 5.19. The number of benzene rings is 1. The molecule has 0 unspecified atom stereocenters. The lowest BCUT2D eigenvalue weighted by Crippen LogP contribution is -2.36. The Balaban J connectivity index is 2.27. The van der Waals surface area contributed by atoms with Gasteiger partial charge in [0.05, 0.1) is 5.92 Å². The number of rotatable bonds is 6. The summed E-state index contributed by atoms with van der Waals surface area (Å²) < 4.78 is -1.32. The highest BCUT2D eigenvalue weighted by Crippen LogP contribution is 2.41. The van der Waals surface area contributed by atoms with Gasteiger partial charge in [0, 0.05) is 40.1 Å². The molecule has 0 radical (unpaired) electrons. The van der Waals surface area contributed by atoms with Gasteiger partial charge in [0.2, 0.25) is 0 Å². The van der Waals surface area contributed by atoms with Crippen molar-refractivity contribution in [3.05, 3.63) is 46.0 Å². The Kier molecular flexibility index (Phi) is 4.04. The number of carbonyl (C=O) groups is 1. The first kappa shape index (κ1) is 14.2. The molecule has 0 bridgehead atoms. The molecule has 1 aromatic rings. The van der Waals surface area contributed by atoms with Gasteiger partial charge in [-0.3, -0.25) is 14.9 Å². The van der Waals surface area contributed by atoms with E-state index in [4.69, 9.17) is 0 Å². The van der Waals surface area contributed by atoms with Crippen LogP contribution in [0.4, 0.5) is 0 Å². The minimum Gasteiger partial charge on any atom is -0.299 e. The molecule has 1 fully saturated rings. The largest absolute Gasteiger partial charge is 0.299 e. The molecule has 1 aliphatic carbocycles. The molecule has 5 heteroatoms. The lowest BCUT2D eigenvalue weighted by molar-refractivity contribution is -0.535. The summed E-state index contributed by atoms with van der Waals surface area (Å²) in [6, 6.07) is 9.22. The third-order valence-corrected chi connectivity index (χ3v) is 4.48. The summed E-state index contributed by atoms with van der Waals surface area (Å²) >= 11 is 3.20. The summed E-state index contributed by atoms with van der Waals surface area (Å²) in [5, 5.41) is 11.3. The maximum Gasteiger partial charge on any atom is 0.279 e. The Morgan fingerprint density at radius 1 is 1.47 bits per heavy atom. The van der Waals surface area contributed by atoms with Gasteiger partial charge >= 0.3 is 0 Å². The fraction of sp³-hybridized carbons (Fsp3) is 0.500. The first-order valence-corrected chi connectivity index (χ1v) is 7.13. The number of halogens is 1. The van der Waals surface area contributed by atoms with Crippen molar-refractivity contribution in [2.24, 2.45) is 5.92 Å². The predicted molar refractivity (Wildman–Crippen MR) is 75.9 cm³/mol. The van der Waals surface area contributed by atoms with Crippen LogP contribution in [0.3, 0.4) is 0 Å². The quantitative estimate of drug-likeness (QED) is 0.348. The van der Waals surface area contributed by atoms with Crippen LogP contribution in [-0.2, 0) is 4.79 Å². The third kappa shape index (κ3) is 3.21. The van der Waals surface area contributed by atoms with Crippen LogP contribution < -0.4 is 0 Å². The van der Waals surface area contributed by atoms with Gasteiger partial charge in [0.15, 0.2) is 0 Å².